The number of carbonyl (C=O) groups is 3. The van der Waals surface area contributed by atoms with E-state index in [2.05, 4.69) is 17.4 Å². The zero-order valence-corrected chi connectivity index (χ0v) is 14.8. The van der Waals surface area contributed by atoms with Gasteiger partial charge in [-0.2, -0.15) is 0 Å². The predicted octanol–water partition coefficient (Wildman–Crippen LogP) is 1.19. The second-order valence-corrected chi connectivity index (χ2v) is 8.20. The second kappa shape index (κ2) is 6.92. The maximum Gasteiger partial charge on any atom is 0.241 e. The number of benzene rings is 1. The standard InChI is InChI=1S/C19H22N2O3S/c22-10-15-6-3-7-21(15)19(24)16-18(25-11-20-16)17(23)14-8-12-4-1-2-5-13(12)9-14/h1-2,4-5,10,14-16,18,20H,3,6-9,11H2/t15-,16-,18?/m0/s1. The SMILES string of the molecule is O=C[C@@H]1CCCN1C(=O)[C@H]1NCSC1C(=O)C1Cc2ccccc2C1. The zero-order chi connectivity index (χ0) is 17.4. The summed E-state index contributed by atoms with van der Waals surface area (Å²) in [6.07, 6.45) is 3.98. The van der Waals surface area contributed by atoms with Crippen LogP contribution in [0.5, 0.6) is 0 Å². The van der Waals surface area contributed by atoms with Crippen LogP contribution in [0.1, 0.15) is 24.0 Å². The van der Waals surface area contributed by atoms with E-state index in [1.54, 1.807) is 4.90 Å². The van der Waals surface area contributed by atoms with E-state index < -0.39 is 6.04 Å². The van der Waals surface area contributed by atoms with E-state index in [4.69, 9.17) is 0 Å². The number of nitrogens with zero attached hydrogens (tertiary/aromatic N) is 1. The molecular formula is C19H22N2O3S. The Bertz CT molecular complexity index is 683. The van der Waals surface area contributed by atoms with Crippen LogP contribution >= 0.6 is 11.8 Å². The Balaban J connectivity index is 1.47. The Kier molecular flexibility index (Phi) is 4.65. The van der Waals surface area contributed by atoms with Crippen molar-refractivity contribution in [3.05, 3.63) is 35.4 Å². The van der Waals surface area contributed by atoms with E-state index in [1.807, 2.05) is 12.1 Å². The minimum Gasteiger partial charge on any atom is -0.332 e. The van der Waals surface area contributed by atoms with Gasteiger partial charge in [0.05, 0.1) is 11.3 Å². The summed E-state index contributed by atoms with van der Waals surface area (Å²) in [6.45, 7) is 0.612. The van der Waals surface area contributed by atoms with E-state index in [9.17, 15) is 14.4 Å². The first kappa shape index (κ1) is 16.8. The van der Waals surface area contributed by atoms with Gasteiger partial charge in [0, 0.05) is 18.3 Å². The highest BCUT2D eigenvalue weighted by molar-refractivity contribution is 8.00. The Morgan fingerprint density at radius 3 is 2.60 bits per heavy atom. The van der Waals surface area contributed by atoms with Gasteiger partial charge >= 0.3 is 0 Å². The number of Topliss-reactive ketones (excluding diaryl/α,β-unsaturated/α-hetero) is 1. The molecular weight excluding hydrogens is 336 g/mol. The first-order chi connectivity index (χ1) is 12.2. The Hall–Kier alpha value is -1.66. The lowest BCUT2D eigenvalue weighted by Crippen LogP contribution is -2.52. The molecule has 1 N–H and O–H groups in total. The third-order valence-electron chi connectivity index (χ3n) is 5.61. The van der Waals surface area contributed by atoms with Crippen molar-refractivity contribution in [3.8, 4) is 0 Å². The average Bonchev–Trinajstić information content (AvgIpc) is 3.38. The van der Waals surface area contributed by atoms with Gasteiger partial charge in [-0.05, 0) is 36.8 Å². The third-order valence-corrected chi connectivity index (χ3v) is 6.81. The van der Waals surface area contributed by atoms with Crippen LogP contribution < -0.4 is 5.32 Å². The van der Waals surface area contributed by atoms with E-state index in [-0.39, 0.29) is 28.9 Å². The number of hydrogen-bond donors (Lipinski definition) is 1. The van der Waals surface area contributed by atoms with Gasteiger partial charge in [0.25, 0.3) is 0 Å². The molecule has 2 aliphatic heterocycles. The van der Waals surface area contributed by atoms with E-state index >= 15 is 0 Å². The number of hydrogen-bond acceptors (Lipinski definition) is 5. The van der Waals surface area contributed by atoms with Crippen LogP contribution in [0.15, 0.2) is 24.3 Å². The van der Waals surface area contributed by atoms with Gasteiger partial charge in [-0.3, -0.25) is 14.9 Å². The number of carbonyl (C=O) groups excluding carboxylic acids is 3. The van der Waals surface area contributed by atoms with Gasteiger partial charge in [0.15, 0.2) is 5.78 Å². The third kappa shape index (κ3) is 3.02. The Morgan fingerprint density at radius 1 is 1.20 bits per heavy atom. The van der Waals surface area contributed by atoms with Crippen molar-refractivity contribution in [1.82, 2.24) is 10.2 Å². The molecule has 4 rings (SSSR count). The Labute approximate surface area is 151 Å². The van der Waals surface area contributed by atoms with Crippen molar-refractivity contribution >= 4 is 29.7 Å². The lowest BCUT2D eigenvalue weighted by molar-refractivity contribution is -0.138. The van der Waals surface area contributed by atoms with Crippen LogP contribution in [0.2, 0.25) is 0 Å². The lowest BCUT2D eigenvalue weighted by Gasteiger charge is -2.27. The van der Waals surface area contributed by atoms with E-state index in [0.29, 0.717) is 12.4 Å². The van der Waals surface area contributed by atoms with Crippen LogP contribution in [-0.4, -0.2) is 52.6 Å². The fourth-order valence-electron chi connectivity index (χ4n) is 4.27. The van der Waals surface area contributed by atoms with Gasteiger partial charge in [-0.1, -0.05) is 24.3 Å². The molecule has 1 amide bonds. The summed E-state index contributed by atoms with van der Waals surface area (Å²) in [4.78, 5) is 38.9. The summed E-state index contributed by atoms with van der Waals surface area (Å²) in [6, 6.07) is 7.37. The van der Waals surface area contributed by atoms with Gasteiger partial charge in [0.1, 0.15) is 12.3 Å². The molecule has 0 saturated carbocycles. The van der Waals surface area contributed by atoms with Gasteiger partial charge in [-0.25, -0.2) is 0 Å². The van der Waals surface area contributed by atoms with Crippen molar-refractivity contribution in [3.63, 3.8) is 0 Å². The summed E-state index contributed by atoms with van der Waals surface area (Å²) in [7, 11) is 0. The summed E-state index contributed by atoms with van der Waals surface area (Å²) in [5, 5.41) is 2.84. The molecule has 6 heteroatoms. The molecule has 0 bridgehead atoms. The molecule has 0 aromatic heterocycles. The summed E-state index contributed by atoms with van der Waals surface area (Å²) in [5.74, 6) is 0.650. The van der Waals surface area contributed by atoms with Crippen molar-refractivity contribution in [2.45, 2.75) is 43.0 Å². The number of thioether (sulfide) groups is 1. The molecule has 1 aromatic carbocycles. The van der Waals surface area contributed by atoms with E-state index in [0.717, 1.165) is 32.0 Å². The highest BCUT2D eigenvalue weighted by Gasteiger charge is 2.45. The lowest BCUT2D eigenvalue weighted by atomic mass is 9.94. The fraction of sp³-hybridized carbons (Fsp3) is 0.526. The molecule has 132 valence electrons. The van der Waals surface area contributed by atoms with Crippen molar-refractivity contribution in [1.29, 1.82) is 0 Å². The molecule has 0 radical (unpaired) electrons. The topological polar surface area (TPSA) is 66.5 Å². The zero-order valence-electron chi connectivity index (χ0n) is 14.0. The minimum absolute atomic E-state index is 0.0365. The highest BCUT2D eigenvalue weighted by atomic mass is 32.2. The number of amides is 1. The molecule has 5 nitrogen and oxygen atoms in total. The molecule has 3 aliphatic rings. The monoisotopic (exact) mass is 358 g/mol. The van der Waals surface area contributed by atoms with Crippen LogP contribution in [0.25, 0.3) is 0 Å². The van der Waals surface area contributed by atoms with Crippen molar-refractivity contribution < 1.29 is 14.4 Å². The number of rotatable bonds is 4. The smallest absolute Gasteiger partial charge is 0.241 e. The molecule has 2 saturated heterocycles. The molecule has 1 aromatic rings. The maximum atomic E-state index is 13.1. The first-order valence-electron chi connectivity index (χ1n) is 8.90. The van der Waals surface area contributed by atoms with Gasteiger partial charge in [-0.15, -0.1) is 11.8 Å². The number of aldehydes is 1. The number of likely N-dealkylation sites (tertiary alicyclic amines) is 1. The molecule has 0 spiro atoms. The minimum atomic E-state index is -0.498. The van der Waals surface area contributed by atoms with Crippen molar-refractivity contribution in [2.75, 3.05) is 12.4 Å². The van der Waals surface area contributed by atoms with Crippen molar-refractivity contribution in [2.24, 2.45) is 5.92 Å². The van der Waals surface area contributed by atoms with Crippen LogP contribution in [0.3, 0.4) is 0 Å². The normalized spacial score (nSPS) is 29.0. The van der Waals surface area contributed by atoms with Crippen LogP contribution in [0, 0.1) is 5.92 Å². The summed E-state index contributed by atoms with van der Waals surface area (Å²) >= 11 is 1.52. The van der Waals surface area contributed by atoms with Crippen LogP contribution in [-0.2, 0) is 27.2 Å². The van der Waals surface area contributed by atoms with Crippen LogP contribution in [0.4, 0.5) is 0 Å². The average molecular weight is 358 g/mol. The predicted molar refractivity (Wildman–Crippen MR) is 96.3 cm³/mol. The van der Waals surface area contributed by atoms with E-state index in [1.165, 1.54) is 22.9 Å². The Morgan fingerprint density at radius 2 is 1.92 bits per heavy atom. The quantitative estimate of drug-likeness (QED) is 0.819. The molecule has 1 aliphatic carbocycles. The van der Waals surface area contributed by atoms with Gasteiger partial charge in [0.2, 0.25) is 5.91 Å². The summed E-state index contributed by atoms with van der Waals surface area (Å²) in [5.41, 5.74) is 2.50. The maximum absolute atomic E-state index is 13.1. The second-order valence-electron chi connectivity index (χ2n) is 7.07. The molecule has 3 atom stereocenters. The molecule has 2 heterocycles. The highest BCUT2D eigenvalue weighted by Crippen LogP contribution is 2.33. The molecule has 2 fully saturated rings. The molecule has 1 unspecified atom stereocenters. The molecule has 25 heavy (non-hydrogen) atoms. The largest absolute Gasteiger partial charge is 0.332 e. The number of fused-ring (bicyclic) bond motifs is 1. The number of ketones is 1. The fourth-order valence-corrected chi connectivity index (χ4v) is 5.49. The number of nitrogens with one attached hydrogen (secondary N) is 1. The van der Waals surface area contributed by atoms with Gasteiger partial charge < -0.3 is 9.69 Å². The summed E-state index contributed by atoms with van der Waals surface area (Å²) < 4.78 is 0. The first-order valence-corrected chi connectivity index (χ1v) is 9.95.